The van der Waals surface area contributed by atoms with E-state index in [0.29, 0.717) is 41.3 Å². The maximum absolute atomic E-state index is 12.8. The lowest BCUT2D eigenvalue weighted by Gasteiger charge is -2.70. The SMILES string of the molecule is O=C(NC12CC(n3cc(OCCCC(F)(F)F)cn3)(C1)C2)[C@H]1C[C@@H](O)c2cc(Cl)ccc2O1. The first-order valence-corrected chi connectivity index (χ1v) is 11.2. The van der Waals surface area contributed by atoms with Crippen LogP contribution in [0.5, 0.6) is 11.5 Å². The number of carbonyl (C=O) groups is 1. The number of ether oxygens (including phenoxy) is 2. The number of nitrogens with zero attached hydrogens (tertiary/aromatic N) is 2. The second-order valence-corrected chi connectivity index (χ2v) is 9.69. The normalized spacial score (nSPS) is 29.8. The molecule has 0 spiro atoms. The van der Waals surface area contributed by atoms with Gasteiger partial charge in [-0.1, -0.05) is 11.6 Å². The maximum atomic E-state index is 12.8. The minimum absolute atomic E-state index is 0.0270. The van der Waals surface area contributed by atoms with Crippen LogP contribution in [0, 0.1) is 0 Å². The van der Waals surface area contributed by atoms with E-state index in [9.17, 15) is 23.1 Å². The molecule has 0 radical (unpaired) electrons. The maximum Gasteiger partial charge on any atom is 0.389 e. The summed E-state index contributed by atoms with van der Waals surface area (Å²) in [6.07, 6.45) is -1.36. The van der Waals surface area contributed by atoms with Crippen LogP contribution in [0.3, 0.4) is 0 Å². The fourth-order valence-corrected chi connectivity index (χ4v) is 5.31. The number of hydrogen-bond acceptors (Lipinski definition) is 5. The van der Waals surface area contributed by atoms with Gasteiger partial charge in [0.25, 0.3) is 5.91 Å². The molecule has 11 heteroatoms. The van der Waals surface area contributed by atoms with E-state index in [-0.39, 0.29) is 36.4 Å². The zero-order chi connectivity index (χ0) is 23.4. The van der Waals surface area contributed by atoms with Gasteiger partial charge in [0.2, 0.25) is 0 Å². The lowest BCUT2D eigenvalue weighted by molar-refractivity contribution is -0.165. The van der Waals surface area contributed by atoms with Gasteiger partial charge in [-0.05, 0) is 43.9 Å². The van der Waals surface area contributed by atoms with E-state index in [2.05, 4.69) is 10.4 Å². The summed E-state index contributed by atoms with van der Waals surface area (Å²) in [6.45, 7) is -0.0270. The summed E-state index contributed by atoms with van der Waals surface area (Å²) in [7, 11) is 0. The molecular formula is C22H23ClF3N3O4. The quantitative estimate of drug-likeness (QED) is 0.581. The number of carbonyl (C=O) groups excluding carboxylic acids is 1. The highest BCUT2D eigenvalue weighted by molar-refractivity contribution is 6.30. The second kappa shape index (κ2) is 7.80. The summed E-state index contributed by atoms with van der Waals surface area (Å²) in [5.41, 5.74) is 0.0359. The number of aliphatic hydroxyl groups excluding tert-OH is 1. The van der Waals surface area contributed by atoms with Crippen LogP contribution in [0.1, 0.15) is 50.2 Å². The number of amides is 1. The van der Waals surface area contributed by atoms with E-state index in [1.54, 1.807) is 29.1 Å². The minimum Gasteiger partial charge on any atom is -0.490 e. The van der Waals surface area contributed by atoms with Crippen LogP contribution >= 0.6 is 11.6 Å². The van der Waals surface area contributed by atoms with Crippen molar-refractivity contribution in [3.63, 3.8) is 0 Å². The van der Waals surface area contributed by atoms with Crippen LogP contribution in [-0.2, 0) is 10.3 Å². The fourth-order valence-electron chi connectivity index (χ4n) is 5.13. The third-order valence-electron chi connectivity index (χ3n) is 6.64. The van der Waals surface area contributed by atoms with E-state index < -0.39 is 24.8 Å². The Morgan fingerprint density at radius 3 is 2.85 bits per heavy atom. The standard InChI is InChI=1S/C22H23ClF3N3O4/c23-13-2-3-17-15(6-13)16(30)7-18(33-17)19(31)28-20-10-21(11-20,12-20)29-9-14(8-27-29)32-5-1-4-22(24,25)26/h2-3,6,8-9,16,18,30H,1,4-5,7,10-12H2,(H,28,31)/t16-,18-,20?,21?/m1/s1. The Bertz CT molecular complexity index is 1050. The molecule has 1 aliphatic heterocycles. The molecule has 0 unspecified atom stereocenters. The molecular weight excluding hydrogens is 463 g/mol. The van der Waals surface area contributed by atoms with Gasteiger partial charge in [-0.2, -0.15) is 18.3 Å². The molecule has 4 aliphatic rings. The second-order valence-electron chi connectivity index (χ2n) is 9.25. The van der Waals surface area contributed by atoms with Crippen molar-refractivity contribution in [3.05, 3.63) is 41.2 Å². The molecule has 2 N–H and O–H groups in total. The molecule has 33 heavy (non-hydrogen) atoms. The lowest BCUT2D eigenvalue weighted by Crippen LogP contribution is -2.79. The van der Waals surface area contributed by atoms with E-state index in [0.717, 1.165) is 0 Å². The number of aromatic nitrogens is 2. The molecule has 3 saturated carbocycles. The van der Waals surface area contributed by atoms with Gasteiger partial charge >= 0.3 is 6.18 Å². The van der Waals surface area contributed by atoms with E-state index in [1.165, 1.54) is 6.20 Å². The van der Waals surface area contributed by atoms with Crippen LogP contribution in [-0.4, -0.2) is 45.2 Å². The zero-order valence-electron chi connectivity index (χ0n) is 17.6. The Hall–Kier alpha value is -2.46. The summed E-state index contributed by atoms with van der Waals surface area (Å²) in [5, 5.41) is 18.3. The Morgan fingerprint density at radius 2 is 2.12 bits per heavy atom. The van der Waals surface area contributed by atoms with Gasteiger partial charge in [0, 0.05) is 29.0 Å². The summed E-state index contributed by atoms with van der Waals surface area (Å²) in [6, 6.07) is 4.94. The van der Waals surface area contributed by atoms with Crippen molar-refractivity contribution in [1.82, 2.24) is 15.1 Å². The van der Waals surface area contributed by atoms with Crippen LogP contribution in [0.2, 0.25) is 5.02 Å². The number of rotatable bonds is 7. The number of nitrogens with one attached hydrogen (secondary N) is 1. The first kappa shape index (κ1) is 22.3. The van der Waals surface area contributed by atoms with Crippen LogP contribution in [0.25, 0.3) is 0 Å². The average Bonchev–Trinajstić information content (AvgIpc) is 3.15. The third kappa shape index (κ3) is 4.26. The van der Waals surface area contributed by atoms with Crippen molar-refractivity contribution in [3.8, 4) is 11.5 Å². The molecule has 2 atom stereocenters. The summed E-state index contributed by atoms with van der Waals surface area (Å²) >= 11 is 5.97. The topological polar surface area (TPSA) is 85.6 Å². The minimum atomic E-state index is -4.18. The van der Waals surface area contributed by atoms with E-state index in [1.807, 2.05) is 0 Å². The van der Waals surface area contributed by atoms with Gasteiger partial charge in [0.1, 0.15) is 5.75 Å². The average molecular weight is 486 g/mol. The molecule has 1 aromatic carbocycles. The Balaban J connectivity index is 1.12. The number of benzene rings is 1. The van der Waals surface area contributed by atoms with Crippen molar-refractivity contribution in [2.75, 3.05) is 6.61 Å². The fraction of sp³-hybridized carbons (Fsp3) is 0.545. The molecule has 178 valence electrons. The predicted octanol–water partition coefficient (Wildman–Crippen LogP) is 3.89. The van der Waals surface area contributed by atoms with Gasteiger partial charge in [-0.15, -0.1) is 0 Å². The summed E-state index contributed by atoms with van der Waals surface area (Å²) in [5.74, 6) is 0.618. The number of halogens is 4. The smallest absolute Gasteiger partial charge is 0.389 e. The monoisotopic (exact) mass is 485 g/mol. The van der Waals surface area contributed by atoms with Gasteiger partial charge in [-0.3, -0.25) is 9.48 Å². The van der Waals surface area contributed by atoms with Gasteiger partial charge in [0.05, 0.1) is 30.6 Å². The largest absolute Gasteiger partial charge is 0.490 e. The van der Waals surface area contributed by atoms with Gasteiger partial charge < -0.3 is 19.9 Å². The molecule has 6 rings (SSSR count). The van der Waals surface area contributed by atoms with Crippen LogP contribution < -0.4 is 14.8 Å². The number of aliphatic hydroxyl groups is 1. The van der Waals surface area contributed by atoms with Gasteiger partial charge in [-0.25, -0.2) is 0 Å². The summed E-state index contributed by atoms with van der Waals surface area (Å²) < 4.78 is 49.6. The number of alkyl halides is 3. The molecule has 1 amide bonds. The zero-order valence-corrected chi connectivity index (χ0v) is 18.3. The van der Waals surface area contributed by atoms with Crippen LogP contribution in [0.4, 0.5) is 13.2 Å². The van der Waals surface area contributed by atoms with Crippen molar-refractivity contribution in [1.29, 1.82) is 0 Å². The van der Waals surface area contributed by atoms with Crippen LogP contribution in [0.15, 0.2) is 30.6 Å². The molecule has 2 bridgehead atoms. The lowest BCUT2D eigenvalue weighted by atomic mass is 9.44. The first-order valence-electron chi connectivity index (χ1n) is 10.8. The molecule has 2 aromatic rings. The van der Waals surface area contributed by atoms with Gasteiger partial charge in [0.15, 0.2) is 11.9 Å². The van der Waals surface area contributed by atoms with E-state index >= 15 is 0 Å². The Kier molecular flexibility index (Phi) is 5.28. The molecule has 3 aliphatic carbocycles. The number of hydrogen-bond donors (Lipinski definition) is 2. The first-order chi connectivity index (χ1) is 15.6. The highest BCUT2D eigenvalue weighted by Crippen LogP contribution is 2.65. The molecule has 7 nitrogen and oxygen atoms in total. The predicted molar refractivity (Wildman–Crippen MR) is 111 cm³/mol. The Morgan fingerprint density at radius 1 is 1.36 bits per heavy atom. The third-order valence-corrected chi connectivity index (χ3v) is 6.87. The highest BCUT2D eigenvalue weighted by atomic mass is 35.5. The number of fused-ring (bicyclic) bond motifs is 1. The van der Waals surface area contributed by atoms with Crippen molar-refractivity contribution < 1.29 is 32.5 Å². The highest BCUT2D eigenvalue weighted by Gasteiger charge is 2.70. The molecule has 1 aromatic heterocycles. The van der Waals surface area contributed by atoms with Crippen molar-refractivity contribution in [2.24, 2.45) is 0 Å². The summed E-state index contributed by atoms with van der Waals surface area (Å²) in [4.78, 5) is 12.8. The molecule has 3 fully saturated rings. The molecule has 0 saturated heterocycles. The van der Waals surface area contributed by atoms with Crippen molar-refractivity contribution in [2.45, 2.75) is 68.0 Å². The van der Waals surface area contributed by atoms with E-state index in [4.69, 9.17) is 21.1 Å². The molecule has 2 heterocycles. The van der Waals surface area contributed by atoms with Crippen molar-refractivity contribution >= 4 is 17.5 Å². The Labute approximate surface area is 192 Å².